The first-order valence-corrected chi connectivity index (χ1v) is 4.61. The first-order chi connectivity index (χ1) is 5.62. The van der Waals surface area contributed by atoms with Gasteiger partial charge in [0.25, 0.3) is 0 Å². The molecule has 1 saturated carbocycles. The summed E-state index contributed by atoms with van der Waals surface area (Å²) in [7, 11) is 1.70. The van der Waals surface area contributed by atoms with Gasteiger partial charge in [-0.05, 0) is 13.5 Å². The highest BCUT2D eigenvalue weighted by Gasteiger charge is 2.46. The van der Waals surface area contributed by atoms with Crippen LogP contribution >= 0.6 is 0 Å². The molecule has 1 aliphatic rings. The number of methoxy groups -OCH3 is 1. The van der Waals surface area contributed by atoms with Gasteiger partial charge in [-0.15, -0.1) is 0 Å². The van der Waals surface area contributed by atoms with Crippen molar-refractivity contribution in [3.8, 4) is 0 Å². The van der Waals surface area contributed by atoms with E-state index in [0.717, 1.165) is 19.4 Å². The molecule has 1 fully saturated rings. The second-order valence-electron chi connectivity index (χ2n) is 3.65. The van der Waals surface area contributed by atoms with Gasteiger partial charge in [-0.2, -0.15) is 0 Å². The minimum atomic E-state index is -0.531. The Morgan fingerprint density at radius 2 is 2.25 bits per heavy atom. The van der Waals surface area contributed by atoms with Crippen molar-refractivity contribution in [2.24, 2.45) is 0 Å². The van der Waals surface area contributed by atoms with Gasteiger partial charge in [0.05, 0.1) is 11.7 Å². The maximum Gasteiger partial charge on any atom is 0.0846 e. The number of hydrogen-bond acceptors (Lipinski definition) is 3. The molecule has 0 aromatic rings. The summed E-state index contributed by atoms with van der Waals surface area (Å²) in [6.45, 7) is 4.98. The highest BCUT2D eigenvalue weighted by Crippen LogP contribution is 2.36. The lowest BCUT2D eigenvalue weighted by Crippen LogP contribution is -2.59. The maximum absolute atomic E-state index is 9.97. The molecular weight excluding hydrogens is 154 g/mol. The van der Waals surface area contributed by atoms with Crippen molar-refractivity contribution in [1.29, 1.82) is 0 Å². The Hall–Kier alpha value is -0.120. The van der Waals surface area contributed by atoms with Gasteiger partial charge < -0.3 is 15.2 Å². The second kappa shape index (κ2) is 3.73. The van der Waals surface area contributed by atoms with Crippen LogP contribution in [-0.2, 0) is 4.74 Å². The van der Waals surface area contributed by atoms with Crippen LogP contribution in [-0.4, -0.2) is 36.5 Å². The van der Waals surface area contributed by atoms with E-state index in [-0.39, 0.29) is 12.1 Å². The smallest absolute Gasteiger partial charge is 0.0846 e. The molecule has 0 aliphatic heterocycles. The van der Waals surface area contributed by atoms with Crippen LogP contribution in [0.2, 0.25) is 0 Å². The Labute approximate surface area is 74.1 Å². The summed E-state index contributed by atoms with van der Waals surface area (Å²) in [5, 5.41) is 13.2. The Balaban J connectivity index is 2.32. The standard InChI is InChI=1S/C9H19NO2/c1-4-10-7(2)9(11)5-8(6-9)12-3/h7-8,10-11H,4-6H2,1-3H3. The third-order valence-corrected chi connectivity index (χ3v) is 2.81. The quantitative estimate of drug-likeness (QED) is 0.651. The van der Waals surface area contributed by atoms with E-state index in [9.17, 15) is 5.11 Å². The molecule has 3 nitrogen and oxygen atoms in total. The molecule has 3 heteroatoms. The summed E-state index contributed by atoms with van der Waals surface area (Å²) in [6.07, 6.45) is 1.78. The predicted octanol–water partition coefficient (Wildman–Crippen LogP) is 0.524. The normalized spacial score (nSPS) is 37.5. The largest absolute Gasteiger partial charge is 0.388 e. The summed E-state index contributed by atoms with van der Waals surface area (Å²) >= 11 is 0. The minimum Gasteiger partial charge on any atom is -0.388 e. The molecule has 0 saturated heterocycles. The van der Waals surface area contributed by atoms with Crippen LogP contribution in [0.15, 0.2) is 0 Å². The maximum atomic E-state index is 9.97. The fraction of sp³-hybridized carbons (Fsp3) is 1.00. The van der Waals surface area contributed by atoms with E-state index in [1.807, 2.05) is 13.8 Å². The van der Waals surface area contributed by atoms with Crippen molar-refractivity contribution in [3.63, 3.8) is 0 Å². The van der Waals surface area contributed by atoms with E-state index >= 15 is 0 Å². The average Bonchev–Trinajstić information content (AvgIpc) is 1.99. The summed E-state index contributed by atoms with van der Waals surface area (Å²) in [5.74, 6) is 0. The van der Waals surface area contributed by atoms with Crippen LogP contribution in [0.5, 0.6) is 0 Å². The van der Waals surface area contributed by atoms with Gasteiger partial charge in [0, 0.05) is 26.0 Å². The first kappa shape index (κ1) is 9.96. The van der Waals surface area contributed by atoms with Crippen LogP contribution in [0, 0.1) is 0 Å². The van der Waals surface area contributed by atoms with Gasteiger partial charge in [0.2, 0.25) is 0 Å². The lowest BCUT2D eigenvalue weighted by Gasteiger charge is -2.46. The zero-order valence-corrected chi connectivity index (χ0v) is 8.13. The van der Waals surface area contributed by atoms with Gasteiger partial charge in [-0.25, -0.2) is 0 Å². The van der Waals surface area contributed by atoms with E-state index in [1.165, 1.54) is 0 Å². The highest BCUT2D eigenvalue weighted by molar-refractivity contribution is 5.01. The lowest BCUT2D eigenvalue weighted by molar-refractivity contribution is -0.142. The zero-order chi connectivity index (χ0) is 9.19. The molecule has 2 N–H and O–H groups in total. The van der Waals surface area contributed by atoms with E-state index in [1.54, 1.807) is 7.11 Å². The Morgan fingerprint density at radius 1 is 1.67 bits per heavy atom. The Bertz CT molecular complexity index is 143. The van der Waals surface area contributed by atoms with Gasteiger partial charge in [0.15, 0.2) is 0 Å². The number of rotatable bonds is 4. The van der Waals surface area contributed by atoms with Crippen LogP contribution < -0.4 is 5.32 Å². The molecule has 0 bridgehead atoms. The number of hydrogen-bond donors (Lipinski definition) is 2. The van der Waals surface area contributed by atoms with Crippen LogP contribution in [0.25, 0.3) is 0 Å². The van der Waals surface area contributed by atoms with Crippen molar-refractivity contribution in [2.45, 2.75) is 44.4 Å². The van der Waals surface area contributed by atoms with Crippen molar-refractivity contribution >= 4 is 0 Å². The fourth-order valence-electron chi connectivity index (χ4n) is 1.75. The average molecular weight is 173 g/mol. The fourth-order valence-corrected chi connectivity index (χ4v) is 1.75. The molecular formula is C9H19NO2. The second-order valence-corrected chi connectivity index (χ2v) is 3.65. The molecule has 0 spiro atoms. The van der Waals surface area contributed by atoms with Gasteiger partial charge in [-0.1, -0.05) is 6.92 Å². The molecule has 1 unspecified atom stereocenters. The van der Waals surface area contributed by atoms with Crippen molar-refractivity contribution in [1.82, 2.24) is 5.32 Å². The Morgan fingerprint density at radius 3 is 2.67 bits per heavy atom. The van der Waals surface area contributed by atoms with Crippen molar-refractivity contribution in [3.05, 3.63) is 0 Å². The molecule has 1 rings (SSSR count). The molecule has 0 amide bonds. The number of ether oxygens (including phenoxy) is 1. The van der Waals surface area contributed by atoms with Crippen LogP contribution in [0.1, 0.15) is 26.7 Å². The van der Waals surface area contributed by atoms with Gasteiger partial charge in [-0.3, -0.25) is 0 Å². The molecule has 0 radical (unpaired) electrons. The summed E-state index contributed by atoms with van der Waals surface area (Å²) in [6, 6.07) is 0.175. The Kier molecular flexibility index (Phi) is 3.09. The summed E-state index contributed by atoms with van der Waals surface area (Å²) in [5.41, 5.74) is -0.531. The van der Waals surface area contributed by atoms with Gasteiger partial charge >= 0.3 is 0 Å². The topological polar surface area (TPSA) is 41.5 Å². The predicted molar refractivity (Wildman–Crippen MR) is 48.1 cm³/mol. The number of likely N-dealkylation sites (N-methyl/N-ethyl adjacent to an activating group) is 1. The summed E-state index contributed by atoms with van der Waals surface area (Å²) in [4.78, 5) is 0. The number of nitrogens with one attached hydrogen (secondary N) is 1. The molecule has 72 valence electrons. The van der Waals surface area contributed by atoms with E-state index in [2.05, 4.69) is 5.32 Å². The first-order valence-electron chi connectivity index (χ1n) is 4.61. The molecule has 0 aromatic heterocycles. The molecule has 1 atom stereocenters. The lowest BCUT2D eigenvalue weighted by atomic mass is 9.73. The third-order valence-electron chi connectivity index (χ3n) is 2.81. The van der Waals surface area contributed by atoms with Crippen LogP contribution in [0.4, 0.5) is 0 Å². The highest BCUT2D eigenvalue weighted by atomic mass is 16.5. The van der Waals surface area contributed by atoms with Gasteiger partial charge in [0.1, 0.15) is 0 Å². The zero-order valence-electron chi connectivity index (χ0n) is 8.13. The van der Waals surface area contributed by atoms with E-state index in [0.29, 0.717) is 0 Å². The third kappa shape index (κ3) is 1.79. The van der Waals surface area contributed by atoms with Crippen molar-refractivity contribution in [2.75, 3.05) is 13.7 Å². The molecule has 12 heavy (non-hydrogen) atoms. The van der Waals surface area contributed by atoms with E-state index in [4.69, 9.17) is 4.74 Å². The monoisotopic (exact) mass is 173 g/mol. The SMILES string of the molecule is CCNC(C)C1(O)CC(OC)C1. The molecule has 0 heterocycles. The van der Waals surface area contributed by atoms with Crippen molar-refractivity contribution < 1.29 is 9.84 Å². The molecule has 0 aromatic carbocycles. The minimum absolute atomic E-state index is 0.175. The summed E-state index contributed by atoms with van der Waals surface area (Å²) < 4.78 is 5.12. The number of aliphatic hydroxyl groups is 1. The molecule has 1 aliphatic carbocycles. The van der Waals surface area contributed by atoms with E-state index < -0.39 is 5.60 Å². The van der Waals surface area contributed by atoms with Crippen LogP contribution in [0.3, 0.4) is 0 Å².